The molecule has 0 aliphatic rings. The van der Waals surface area contributed by atoms with Crippen LogP contribution in [0.1, 0.15) is 30.9 Å². The molecule has 0 spiro atoms. The molecule has 0 unspecified atom stereocenters. The van der Waals surface area contributed by atoms with Crippen molar-refractivity contribution in [3.8, 4) is 11.5 Å². The van der Waals surface area contributed by atoms with E-state index in [1.54, 1.807) is 6.07 Å². The first-order chi connectivity index (χ1) is 10.9. The average molecular weight is 442 g/mol. The number of rotatable bonds is 5. The lowest BCUT2D eigenvalue weighted by Gasteiger charge is -2.14. The molecule has 0 saturated heterocycles. The molecule has 0 bridgehead atoms. The number of hydrogen-bond donors (Lipinski definition) is 0. The van der Waals surface area contributed by atoms with Gasteiger partial charge in [0.2, 0.25) is 0 Å². The van der Waals surface area contributed by atoms with Gasteiger partial charge >= 0.3 is 5.97 Å². The zero-order valence-electron chi connectivity index (χ0n) is 13.2. The van der Waals surface area contributed by atoms with E-state index in [0.29, 0.717) is 11.5 Å². The van der Waals surface area contributed by atoms with Crippen molar-refractivity contribution in [2.75, 3.05) is 6.61 Å². The minimum absolute atomic E-state index is 0.129. The molecule has 0 atom stereocenters. The van der Waals surface area contributed by atoms with Gasteiger partial charge in [0.1, 0.15) is 11.5 Å². The third-order valence-corrected chi connectivity index (χ3v) is 4.29. The fourth-order valence-electron chi connectivity index (χ4n) is 2.13. The highest BCUT2D eigenvalue weighted by molar-refractivity contribution is 9.10. The van der Waals surface area contributed by atoms with E-state index in [1.807, 2.05) is 37.3 Å². The minimum Gasteiger partial charge on any atom is -0.482 e. The van der Waals surface area contributed by atoms with Gasteiger partial charge in [-0.15, -0.1) is 0 Å². The summed E-state index contributed by atoms with van der Waals surface area (Å²) < 4.78 is 12.9. The molecule has 0 saturated carbocycles. The Morgan fingerprint density at radius 1 is 1.04 bits per heavy atom. The summed E-state index contributed by atoms with van der Waals surface area (Å²) in [5, 5.41) is 0. The fraction of sp³-hybridized carbons (Fsp3) is 0.278. The highest BCUT2D eigenvalue weighted by atomic mass is 79.9. The maximum absolute atomic E-state index is 12.1. The standard InChI is InChI=1S/C18H18Br2O3/c1-11(2)15-9-14(20)5-7-17(15)23-18(21)10-22-16-6-4-13(19)8-12(16)3/h4-9,11H,10H2,1-3H3. The molecule has 0 radical (unpaired) electrons. The molecule has 122 valence electrons. The van der Waals surface area contributed by atoms with Crippen LogP contribution in [0.5, 0.6) is 11.5 Å². The highest BCUT2D eigenvalue weighted by Crippen LogP contribution is 2.29. The Morgan fingerprint density at radius 3 is 2.26 bits per heavy atom. The van der Waals surface area contributed by atoms with Gasteiger partial charge in [0.05, 0.1) is 0 Å². The zero-order chi connectivity index (χ0) is 17.0. The number of benzene rings is 2. The Bertz CT molecular complexity index is 711. The predicted octanol–water partition coefficient (Wildman–Crippen LogP) is 5.63. The van der Waals surface area contributed by atoms with Crippen molar-refractivity contribution in [3.05, 3.63) is 56.5 Å². The number of esters is 1. The van der Waals surface area contributed by atoms with Crippen molar-refractivity contribution in [3.63, 3.8) is 0 Å². The second kappa shape index (κ2) is 7.97. The van der Waals surface area contributed by atoms with Crippen LogP contribution in [0.2, 0.25) is 0 Å². The molecule has 2 aromatic carbocycles. The van der Waals surface area contributed by atoms with Crippen LogP contribution in [0.25, 0.3) is 0 Å². The quantitative estimate of drug-likeness (QED) is 0.445. The van der Waals surface area contributed by atoms with Crippen molar-refractivity contribution < 1.29 is 14.3 Å². The van der Waals surface area contributed by atoms with Gasteiger partial charge in [0, 0.05) is 8.95 Å². The lowest BCUT2D eigenvalue weighted by atomic mass is 10.0. The zero-order valence-corrected chi connectivity index (χ0v) is 16.4. The Hall–Kier alpha value is -1.33. The van der Waals surface area contributed by atoms with E-state index in [1.165, 1.54) is 0 Å². The van der Waals surface area contributed by atoms with Gasteiger partial charge in [-0.25, -0.2) is 4.79 Å². The number of carbonyl (C=O) groups excluding carboxylic acids is 1. The van der Waals surface area contributed by atoms with Crippen LogP contribution in [0.4, 0.5) is 0 Å². The Morgan fingerprint density at radius 2 is 1.65 bits per heavy atom. The van der Waals surface area contributed by atoms with Crippen LogP contribution < -0.4 is 9.47 Å². The third kappa shape index (κ3) is 5.08. The van der Waals surface area contributed by atoms with Gasteiger partial charge in [-0.2, -0.15) is 0 Å². The molecule has 3 nitrogen and oxygen atoms in total. The van der Waals surface area contributed by atoms with Gasteiger partial charge in [0.15, 0.2) is 6.61 Å². The summed E-state index contributed by atoms with van der Waals surface area (Å²) in [4.78, 5) is 12.1. The summed E-state index contributed by atoms with van der Waals surface area (Å²) in [7, 11) is 0. The van der Waals surface area contributed by atoms with Crippen LogP contribution in [-0.2, 0) is 4.79 Å². The van der Waals surface area contributed by atoms with Crippen LogP contribution in [0.15, 0.2) is 45.3 Å². The second-order valence-electron chi connectivity index (χ2n) is 5.51. The molecule has 0 amide bonds. The summed E-state index contributed by atoms with van der Waals surface area (Å²) >= 11 is 6.83. The number of hydrogen-bond acceptors (Lipinski definition) is 3. The molecule has 0 heterocycles. The molecule has 0 aliphatic carbocycles. The Kier molecular flexibility index (Phi) is 6.25. The Labute approximate surface area is 153 Å². The predicted molar refractivity (Wildman–Crippen MR) is 98.2 cm³/mol. The lowest BCUT2D eigenvalue weighted by molar-refractivity contribution is -0.136. The van der Waals surface area contributed by atoms with E-state index in [-0.39, 0.29) is 12.5 Å². The molecule has 2 aromatic rings. The van der Waals surface area contributed by atoms with Crippen molar-refractivity contribution in [1.29, 1.82) is 0 Å². The molecule has 0 aliphatic heterocycles. The van der Waals surface area contributed by atoms with Crippen LogP contribution in [0.3, 0.4) is 0 Å². The van der Waals surface area contributed by atoms with E-state index < -0.39 is 5.97 Å². The SMILES string of the molecule is Cc1cc(Br)ccc1OCC(=O)Oc1ccc(Br)cc1C(C)C. The van der Waals surface area contributed by atoms with E-state index >= 15 is 0 Å². The van der Waals surface area contributed by atoms with Crippen molar-refractivity contribution in [2.45, 2.75) is 26.7 Å². The van der Waals surface area contributed by atoms with Gasteiger partial charge in [-0.05, 0) is 60.4 Å². The molecule has 0 fully saturated rings. The molecular weight excluding hydrogens is 424 g/mol. The van der Waals surface area contributed by atoms with Crippen molar-refractivity contribution in [1.82, 2.24) is 0 Å². The summed E-state index contributed by atoms with van der Waals surface area (Å²) in [6.45, 7) is 5.91. The number of ether oxygens (including phenoxy) is 2. The number of aryl methyl sites for hydroxylation is 1. The first kappa shape index (κ1) is 18.0. The third-order valence-electron chi connectivity index (χ3n) is 3.30. The van der Waals surface area contributed by atoms with Gasteiger partial charge in [-0.1, -0.05) is 45.7 Å². The van der Waals surface area contributed by atoms with Gasteiger partial charge in [-0.3, -0.25) is 0 Å². The summed E-state index contributed by atoms with van der Waals surface area (Å²) in [5.74, 6) is 1.08. The highest BCUT2D eigenvalue weighted by Gasteiger charge is 2.13. The van der Waals surface area contributed by atoms with E-state index in [4.69, 9.17) is 9.47 Å². The largest absolute Gasteiger partial charge is 0.482 e. The Balaban J connectivity index is 2.03. The molecule has 5 heteroatoms. The first-order valence-corrected chi connectivity index (χ1v) is 8.84. The fourth-order valence-corrected chi connectivity index (χ4v) is 2.98. The molecule has 0 aromatic heterocycles. The van der Waals surface area contributed by atoms with E-state index in [2.05, 4.69) is 45.7 Å². The van der Waals surface area contributed by atoms with Crippen molar-refractivity contribution >= 4 is 37.8 Å². The normalized spacial score (nSPS) is 10.7. The topological polar surface area (TPSA) is 35.5 Å². The van der Waals surface area contributed by atoms with Gasteiger partial charge < -0.3 is 9.47 Å². The second-order valence-corrected chi connectivity index (χ2v) is 7.34. The molecular formula is C18H18Br2O3. The van der Waals surface area contributed by atoms with Crippen LogP contribution in [0, 0.1) is 6.92 Å². The van der Waals surface area contributed by atoms with E-state index in [0.717, 1.165) is 20.1 Å². The molecule has 23 heavy (non-hydrogen) atoms. The number of carbonyl (C=O) groups is 1. The van der Waals surface area contributed by atoms with Gasteiger partial charge in [0.25, 0.3) is 0 Å². The van der Waals surface area contributed by atoms with Crippen LogP contribution >= 0.6 is 31.9 Å². The molecule has 2 rings (SSSR count). The summed E-state index contributed by atoms with van der Waals surface area (Å²) in [6, 6.07) is 11.3. The smallest absolute Gasteiger partial charge is 0.349 e. The number of halogens is 2. The minimum atomic E-state index is -0.420. The van der Waals surface area contributed by atoms with Crippen molar-refractivity contribution in [2.24, 2.45) is 0 Å². The van der Waals surface area contributed by atoms with Crippen LogP contribution in [-0.4, -0.2) is 12.6 Å². The summed E-state index contributed by atoms with van der Waals surface area (Å²) in [5.41, 5.74) is 1.94. The maximum Gasteiger partial charge on any atom is 0.349 e. The first-order valence-electron chi connectivity index (χ1n) is 7.26. The maximum atomic E-state index is 12.1. The average Bonchev–Trinajstić information content (AvgIpc) is 2.48. The molecule has 0 N–H and O–H groups in total. The lowest BCUT2D eigenvalue weighted by Crippen LogP contribution is -2.18. The summed E-state index contributed by atoms with van der Waals surface area (Å²) in [6.07, 6.45) is 0. The monoisotopic (exact) mass is 440 g/mol. The van der Waals surface area contributed by atoms with E-state index in [9.17, 15) is 4.79 Å².